The largest absolute Gasteiger partial charge is 0.457 e. The number of carbonyl (C=O) groups is 1. The SMILES string of the molecule is C[C@@H](Sc1nnc(C2CC2)o1)C(=O)Nc1ccc(Oc2ccccc2)cc1. The molecule has 0 spiro atoms. The van der Waals surface area contributed by atoms with E-state index in [0.29, 0.717) is 28.5 Å². The molecule has 138 valence electrons. The molecule has 3 aromatic rings. The first-order valence-corrected chi connectivity index (χ1v) is 9.69. The van der Waals surface area contributed by atoms with Crippen molar-refractivity contribution in [3.63, 3.8) is 0 Å². The number of carbonyl (C=O) groups excluding carboxylic acids is 1. The molecule has 2 aromatic carbocycles. The zero-order valence-corrected chi connectivity index (χ0v) is 15.6. The summed E-state index contributed by atoms with van der Waals surface area (Å²) in [6.45, 7) is 1.81. The number of hydrogen-bond donors (Lipinski definition) is 1. The van der Waals surface area contributed by atoms with E-state index < -0.39 is 0 Å². The third-order valence-electron chi connectivity index (χ3n) is 4.10. The maximum absolute atomic E-state index is 12.4. The summed E-state index contributed by atoms with van der Waals surface area (Å²) >= 11 is 1.26. The van der Waals surface area contributed by atoms with Crippen molar-refractivity contribution < 1.29 is 13.9 Å². The number of benzene rings is 2. The van der Waals surface area contributed by atoms with Gasteiger partial charge in [0, 0.05) is 11.6 Å². The number of rotatable bonds is 7. The first-order valence-electron chi connectivity index (χ1n) is 8.81. The predicted molar refractivity (Wildman–Crippen MR) is 103 cm³/mol. The van der Waals surface area contributed by atoms with Crippen LogP contribution in [0.2, 0.25) is 0 Å². The molecule has 4 rings (SSSR count). The lowest BCUT2D eigenvalue weighted by Crippen LogP contribution is -2.22. The summed E-state index contributed by atoms with van der Waals surface area (Å²) in [6, 6.07) is 16.8. The summed E-state index contributed by atoms with van der Waals surface area (Å²) in [5.41, 5.74) is 0.706. The van der Waals surface area contributed by atoms with Crippen LogP contribution in [0.1, 0.15) is 31.6 Å². The van der Waals surface area contributed by atoms with Crippen molar-refractivity contribution in [1.29, 1.82) is 0 Å². The van der Waals surface area contributed by atoms with Crippen molar-refractivity contribution >= 4 is 23.4 Å². The van der Waals surface area contributed by atoms with Crippen LogP contribution in [-0.4, -0.2) is 21.4 Å². The number of nitrogens with one attached hydrogen (secondary N) is 1. The maximum Gasteiger partial charge on any atom is 0.277 e. The summed E-state index contributed by atoms with van der Waals surface area (Å²) in [6.07, 6.45) is 2.21. The van der Waals surface area contributed by atoms with Crippen LogP contribution in [0.25, 0.3) is 0 Å². The lowest BCUT2D eigenvalue weighted by atomic mass is 10.3. The van der Waals surface area contributed by atoms with Crippen molar-refractivity contribution in [2.24, 2.45) is 0 Å². The first-order chi connectivity index (χ1) is 13.2. The molecule has 1 saturated carbocycles. The molecule has 1 amide bonds. The Hall–Kier alpha value is -2.80. The smallest absolute Gasteiger partial charge is 0.277 e. The minimum Gasteiger partial charge on any atom is -0.457 e. The Morgan fingerprint density at radius 3 is 2.52 bits per heavy atom. The Morgan fingerprint density at radius 1 is 1.11 bits per heavy atom. The summed E-state index contributed by atoms with van der Waals surface area (Å²) in [7, 11) is 0. The van der Waals surface area contributed by atoms with E-state index in [-0.39, 0.29) is 11.2 Å². The second-order valence-electron chi connectivity index (χ2n) is 6.37. The molecule has 1 N–H and O–H groups in total. The molecule has 1 aliphatic carbocycles. The number of thioether (sulfide) groups is 1. The van der Waals surface area contributed by atoms with Crippen LogP contribution in [0.5, 0.6) is 11.5 Å². The molecular weight excluding hydrogens is 362 g/mol. The molecule has 0 saturated heterocycles. The van der Waals surface area contributed by atoms with Gasteiger partial charge in [-0.2, -0.15) is 0 Å². The summed E-state index contributed by atoms with van der Waals surface area (Å²) < 4.78 is 11.3. The standard InChI is InChI=1S/C20H19N3O3S/c1-13(27-20-23-22-19(26-20)14-7-8-14)18(24)21-15-9-11-17(12-10-15)25-16-5-3-2-4-6-16/h2-6,9-14H,7-8H2,1H3,(H,21,24)/t13-/m1/s1. The zero-order valence-electron chi connectivity index (χ0n) is 14.8. The summed E-state index contributed by atoms with van der Waals surface area (Å²) in [4.78, 5) is 12.4. The highest BCUT2D eigenvalue weighted by atomic mass is 32.2. The van der Waals surface area contributed by atoms with Crippen molar-refractivity contribution in [3.05, 3.63) is 60.5 Å². The molecule has 0 radical (unpaired) electrons. The molecular formula is C20H19N3O3S. The van der Waals surface area contributed by atoms with Gasteiger partial charge in [-0.1, -0.05) is 30.0 Å². The highest BCUT2D eigenvalue weighted by Gasteiger charge is 2.30. The van der Waals surface area contributed by atoms with Gasteiger partial charge in [0.1, 0.15) is 11.5 Å². The molecule has 1 aromatic heterocycles. The van der Waals surface area contributed by atoms with Gasteiger partial charge in [-0.15, -0.1) is 10.2 Å². The molecule has 1 atom stereocenters. The van der Waals surface area contributed by atoms with Gasteiger partial charge in [-0.3, -0.25) is 4.79 Å². The van der Waals surface area contributed by atoms with Crippen molar-refractivity contribution in [1.82, 2.24) is 10.2 Å². The summed E-state index contributed by atoms with van der Waals surface area (Å²) in [5.74, 6) is 2.44. The van der Waals surface area contributed by atoms with E-state index in [1.807, 2.05) is 61.5 Å². The average Bonchev–Trinajstić information content (AvgIpc) is 3.43. The number of ether oxygens (including phenoxy) is 1. The number of hydrogen-bond acceptors (Lipinski definition) is 6. The van der Waals surface area contributed by atoms with E-state index in [4.69, 9.17) is 9.15 Å². The minimum atomic E-state index is -0.349. The maximum atomic E-state index is 12.4. The van der Waals surface area contributed by atoms with Crippen LogP contribution in [0.15, 0.2) is 64.2 Å². The van der Waals surface area contributed by atoms with Crippen molar-refractivity contribution in [2.75, 3.05) is 5.32 Å². The van der Waals surface area contributed by atoms with E-state index in [2.05, 4.69) is 15.5 Å². The number of nitrogens with zero attached hydrogens (tertiary/aromatic N) is 2. The Morgan fingerprint density at radius 2 is 1.81 bits per heavy atom. The van der Waals surface area contributed by atoms with Gasteiger partial charge in [0.25, 0.3) is 5.22 Å². The van der Waals surface area contributed by atoms with Crippen molar-refractivity contribution in [2.45, 2.75) is 36.2 Å². The fourth-order valence-corrected chi connectivity index (χ4v) is 3.13. The first kappa shape index (κ1) is 17.6. The lowest BCUT2D eigenvalue weighted by molar-refractivity contribution is -0.115. The van der Waals surface area contributed by atoms with Gasteiger partial charge in [-0.05, 0) is 56.2 Å². The third kappa shape index (κ3) is 4.68. The van der Waals surface area contributed by atoms with E-state index in [9.17, 15) is 4.79 Å². The average molecular weight is 381 g/mol. The van der Waals surface area contributed by atoms with Gasteiger partial charge in [0.15, 0.2) is 0 Å². The Balaban J connectivity index is 1.31. The van der Waals surface area contributed by atoms with E-state index in [1.54, 1.807) is 0 Å². The monoisotopic (exact) mass is 381 g/mol. The summed E-state index contributed by atoms with van der Waals surface area (Å²) in [5, 5.41) is 11.0. The fourth-order valence-electron chi connectivity index (χ4n) is 2.44. The number of para-hydroxylation sites is 1. The highest BCUT2D eigenvalue weighted by Crippen LogP contribution is 2.40. The second-order valence-corrected chi connectivity index (χ2v) is 7.66. The molecule has 1 fully saturated rings. The Labute approximate surface area is 161 Å². The minimum absolute atomic E-state index is 0.122. The Bertz CT molecular complexity index is 908. The lowest BCUT2D eigenvalue weighted by Gasteiger charge is -2.11. The van der Waals surface area contributed by atoms with Gasteiger partial charge in [0.05, 0.1) is 5.25 Å². The van der Waals surface area contributed by atoms with Gasteiger partial charge in [0.2, 0.25) is 11.8 Å². The van der Waals surface area contributed by atoms with Gasteiger partial charge < -0.3 is 14.5 Å². The van der Waals surface area contributed by atoms with Gasteiger partial charge in [-0.25, -0.2) is 0 Å². The number of anilines is 1. The topological polar surface area (TPSA) is 77.2 Å². The zero-order chi connectivity index (χ0) is 18.6. The quantitative estimate of drug-likeness (QED) is 0.589. The molecule has 0 bridgehead atoms. The molecule has 1 heterocycles. The van der Waals surface area contributed by atoms with E-state index in [1.165, 1.54) is 11.8 Å². The molecule has 0 aliphatic heterocycles. The van der Waals surface area contributed by atoms with Crippen LogP contribution >= 0.6 is 11.8 Å². The molecule has 1 aliphatic rings. The van der Waals surface area contributed by atoms with Crippen LogP contribution in [0.3, 0.4) is 0 Å². The molecule has 27 heavy (non-hydrogen) atoms. The molecule has 0 unspecified atom stereocenters. The fraction of sp³-hybridized carbons (Fsp3) is 0.250. The van der Waals surface area contributed by atoms with Gasteiger partial charge >= 0.3 is 0 Å². The Kier molecular flexibility index (Phi) is 5.11. The normalized spacial score (nSPS) is 14.6. The second kappa shape index (κ2) is 7.84. The van der Waals surface area contributed by atoms with E-state index in [0.717, 1.165) is 18.6 Å². The third-order valence-corrected chi connectivity index (χ3v) is 5.03. The molecule has 6 nitrogen and oxygen atoms in total. The molecule has 7 heteroatoms. The van der Waals surface area contributed by atoms with Crippen LogP contribution in [0.4, 0.5) is 5.69 Å². The van der Waals surface area contributed by atoms with Crippen LogP contribution in [0, 0.1) is 0 Å². The number of aromatic nitrogens is 2. The van der Waals surface area contributed by atoms with Crippen LogP contribution in [-0.2, 0) is 4.79 Å². The number of amides is 1. The predicted octanol–water partition coefficient (Wildman–Crippen LogP) is 4.86. The van der Waals surface area contributed by atoms with E-state index >= 15 is 0 Å². The highest BCUT2D eigenvalue weighted by molar-refractivity contribution is 8.00. The van der Waals surface area contributed by atoms with Crippen molar-refractivity contribution in [3.8, 4) is 11.5 Å². The van der Waals surface area contributed by atoms with Crippen LogP contribution < -0.4 is 10.1 Å².